The van der Waals surface area contributed by atoms with E-state index < -0.39 is 17.2 Å². The first-order chi connectivity index (χ1) is 10.9. The number of nitrogens with zero attached hydrogens (tertiary/aromatic N) is 2. The van der Waals surface area contributed by atoms with Crippen LogP contribution in [0, 0.1) is 11.6 Å². The minimum Gasteiger partial charge on any atom is -0.504 e. The number of aromatic hydroxyl groups is 1. The fraction of sp³-hybridized carbons (Fsp3) is 0. The summed E-state index contributed by atoms with van der Waals surface area (Å²) >= 11 is 11.7. The highest BCUT2D eigenvalue weighted by molar-refractivity contribution is 6.39. The van der Waals surface area contributed by atoms with Gasteiger partial charge in [0.1, 0.15) is 17.7 Å². The molecule has 1 heterocycles. The van der Waals surface area contributed by atoms with Gasteiger partial charge in [0.25, 0.3) is 5.56 Å². The summed E-state index contributed by atoms with van der Waals surface area (Å²) in [6.45, 7) is 0. The molecule has 0 saturated carbocycles. The largest absolute Gasteiger partial charge is 0.504 e. The van der Waals surface area contributed by atoms with E-state index in [0.29, 0.717) is 6.07 Å². The van der Waals surface area contributed by atoms with Crippen molar-refractivity contribution >= 4 is 39.8 Å². The summed E-state index contributed by atoms with van der Waals surface area (Å²) in [4.78, 5) is 16.3. The van der Waals surface area contributed by atoms with Gasteiger partial charge in [0.15, 0.2) is 11.6 Å². The van der Waals surface area contributed by atoms with Crippen LogP contribution < -0.4 is 11.0 Å². The molecule has 9 heteroatoms. The van der Waals surface area contributed by atoms with Crippen molar-refractivity contribution in [1.82, 2.24) is 9.66 Å². The van der Waals surface area contributed by atoms with Crippen LogP contribution in [0.1, 0.15) is 0 Å². The van der Waals surface area contributed by atoms with Gasteiger partial charge in [-0.05, 0) is 18.2 Å². The summed E-state index contributed by atoms with van der Waals surface area (Å²) in [6.07, 6.45) is 1.03. The highest BCUT2D eigenvalue weighted by atomic mass is 35.5. The average Bonchev–Trinajstić information content (AvgIpc) is 2.49. The van der Waals surface area contributed by atoms with Crippen LogP contribution in [0.5, 0.6) is 5.75 Å². The van der Waals surface area contributed by atoms with E-state index in [1.165, 1.54) is 6.07 Å². The van der Waals surface area contributed by atoms with E-state index in [2.05, 4.69) is 10.4 Å². The van der Waals surface area contributed by atoms with Gasteiger partial charge in [-0.1, -0.05) is 23.2 Å². The molecule has 0 amide bonds. The topological polar surface area (TPSA) is 67.1 Å². The van der Waals surface area contributed by atoms with Gasteiger partial charge in [-0.3, -0.25) is 10.2 Å². The standard InChI is InChI=1S/C14H7Cl2F2N3O2/c15-7-4-8(16)13(22)12-11(7)14(23)21(5-19-12)20-10-2-1-6(17)3-9(10)18/h1-5,20,22H. The van der Waals surface area contributed by atoms with E-state index in [0.717, 1.165) is 23.1 Å². The average molecular weight is 358 g/mol. The molecule has 0 aliphatic heterocycles. The molecule has 3 aromatic rings. The van der Waals surface area contributed by atoms with E-state index in [-0.39, 0.29) is 32.4 Å². The lowest BCUT2D eigenvalue weighted by atomic mass is 10.2. The van der Waals surface area contributed by atoms with E-state index in [1.54, 1.807) is 0 Å². The number of rotatable bonds is 2. The molecular formula is C14H7Cl2F2N3O2. The van der Waals surface area contributed by atoms with E-state index >= 15 is 0 Å². The number of phenolic OH excluding ortho intramolecular Hbond substituents is 1. The maximum absolute atomic E-state index is 13.7. The Hall–Kier alpha value is -2.38. The number of hydrogen-bond donors (Lipinski definition) is 2. The molecule has 0 spiro atoms. The van der Waals surface area contributed by atoms with Gasteiger partial charge in [-0.15, -0.1) is 0 Å². The number of benzene rings is 2. The second kappa shape index (κ2) is 5.68. The Morgan fingerprint density at radius 2 is 1.91 bits per heavy atom. The monoisotopic (exact) mass is 357 g/mol. The zero-order valence-electron chi connectivity index (χ0n) is 11.1. The van der Waals surface area contributed by atoms with Gasteiger partial charge in [0.05, 0.1) is 21.1 Å². The maximum Gasteiger partial charge on any atom is 0.281 e. The molecule has 1 aromatic heterocycles. The van der Waals surface area contributed by atoms with Crippen molar-refractivity contribution in [3.05, 3.63) is 62.6 Å². The van der Waals surface area contributed by atoms with Crippen LogP contribution in [0.2, 0.25) is 10.0 Å². The predicted molar refractivity (Wildman–Crippen MR) is 83.1 cm³/mol. The Balaban J connectivity index is 2.17. The van der Waals surface area contributed by atoms with Gasteiger partial charge in [-0.25, -0.2) is 18.4 Å². The van der Waals surface area contributed by atoms with Gasteiger partial charge < -0.3 is 5.11 Å². The lowest BCUT2D eigenvalue weighted by Gasteiger charge is -2.12. The number of phenols is 1. The molecule has 0 fully saturated rings. The van der Waals surface area contributed by atoms with Gasteiger partial charge >= 0.3 is 0 Å². The normalized spacial score (nSPS) is 11.0. The minimum absolute atomic E-state index is 0.0176. The van der Waals surface area contributed by atoms with Crippen LogP contribution in [-0.4, -0.2) is 14.8 Å². The Morgan fingerprint density at radius 3 is 2.61 bits per heavy atom. The SMILES string of the molecule is O=c1c2c(Cl)cc(Cl)c(O)c2ncn1Nc1ccc(F)cc1F. The molecule has 118 valence electrons. The first-order valence-corrected chi connectivity index (χ1v) is 6.94. The summed E-state index contributed by atoms with van der Waals surface area (Å²) in [5.41, 5.74) is 1.55. The van der Waals surface area contributed by atoms with Crippen molar-refractivity contribution < 1.29 is 13.9 Å². The fourth-order valence-electron chi connectivity index (χ4n) is 2.00. The lowest BCUT2D eigenvalue weighted by molar-refractivity contribution is 0.480. The van der Waals surface area contributed by atoms with Crippen LogP contribution in [0.25, 0.3) is 10.9 Å². The number of halogens is 4. The summed E-state index contributed by atoms with van der Waals surface area (Å²) in [7, 11) is 0. The lowest BCUT2D eigenvalue weighted by Crippen LogP contribution is -2.27. The molecule has 0 saturated heterocycles. The van der Waals surface area contributed by atoms with Gasteiger partial charge in [-0.2, -0.15) is 0 Å². The zero-order chi connectivity index (χ0) is 16.7. The molecule has 0 aliphatic rings. The summed E-state index contributed by atoms with van der Waals surface area (Å²) < 4.78 is 27.4. The fourth-order valence-corrected chi connectivity index (χ4v) is 2.54. The molecule has 3 rings (SSSR count). The predicted octanol–water partition coefficient (Wildman–Crippen LogP) is 3.56. The van der Waals surface area contributed by atoms with Crippen LogP contribution in [-0.2, 0) is 0 Å². The molecule has 0 atom stereocenters. The van der Waals surface area contributed by atoms with E-state index in [1.807, 2.05) is 0 Å². The number of anilines is 1. The van der Waals surface area contributed by atoms with Gasteiger partial charge in [0.2, 0.25) is 0 Å². The quantitative estimate of drug-likeness (QED) is 0.735. The smallest absolute Gasteiger partial charge is 0.281 e. The highest BCUT2D eigenvalue weighted by Gasteiger charge is 2.15. The number of aromatic nitrogens is 2. The van der Waals surface area contributed by atoms with Crippen LogP contribution >= 0.6 is 23.2 Å². The van der Waals surface area contributed by atoms with Crippen LogP contribution in [0.4, 0.5) is 14.5 Å². The van der Waals surface area contributed by atoms with Crippen molar-refractivity contribution in [3.63, 3.8) is 0 Å². The Kier molecular flexibility index (Phi) is 3.83. The zero-order valence-corrected chi connectivity index (χ0v) is 12.7. The third-order valence-corrected chi connectivity index (χ3v) is 3.67. The first-order valence-electron chi connectivity index (χ1n) is 6.19. The molecule has 0 unspecified atom stereocenters. The maximum atomic E-state index is 13.7. The summed E-state index contributed by atoms with van der Waals surface area (Å²) in [6, 6.07) is 4.03. The van der Waals surface area contributed by atoms with Crippen molar-refractivity contribution in [2.24, 2.45) is 0 Å². The second-order valence-corrected chi connectivity index (χ2v) is 5.38. The molecular weight excluding hydrogens is 351 g/mol. The number of hydrogen-bond acceptors (Lipinski definition) is 4. The van der Waals surface area contributed by atoms with Crippen LogP contribution in [0.15, 0.2) is 35.4 Å². The Labute approximate surface area is 137 Å². The molecule has 2 aromatic carbocycles. The highest BCUT2D eigenvalue weighted by Crippen LogP contribution is 2.34. The van der Waals surface area contributed by atoms with Crippen molar-refractivity contribution in [1.29, 1.82) is 0 Å². The molecule has 0 bridgehead atoms. The third kappa shape index (κ3) is 2.69. The van der Waals surface area contributed by atoms with Crippen molar-refractivity contribution in [3.8, 4) is 5.75 Å². The molecule has 0 aliphatic carbocycles. The molecule has 0 radical (unpaired) electrons. The minimum atomic E-state index is -0.887. The summed E-state index contributed by atoms with van der Waals surface area (Å²) in [5, 5.41) is 9.68. The van der Waals surface area contributed by atoms with Crippen LogP contribution in [0.3, 0.4) is 0 Å². The second-order valence-electron chi connectivity index (χ2n) is 4.57. The third-order valence-electron chi connectivity index (χ3n) is 3.09. The molecule has 23 heavy (non-hydrogen) atoms. The Morgan fingerprint density at radius 1 is 1.17 bits per heavy atom. The van der Waals surface area contributed by atoms with Crippen molar-refractivity contribution in [2.45, 2.75) is 0 Å². The van der Waals surface area contributed by atoms with Gasteiger partial charge in [0, 0.05) is 6.07 Å². The first kappa shape index (κ1) is 15.5. The number of fused-ring (bicyclic) bond motifs is 1. The summed E-state index contributed by atoms with van der Waals surface area (Å²) in [5.74, 6) is -2.02. The molecule has 2 N–H and O–H groups in total. The number of nitrogens with one attached hydrogen (secondary N) is 1. The molecule has 5 nitrogen and oxygen atoms in total. The van der Waals surface area contributed by atoms with E-state index in [9.17, 15) is 18.7 Å². The van der Waals surface area contributed by atoms with E-state index in [4.69, 9.17) is 23.2 Å². The Bertz CT molecular complexity index is 992. The van der Waals surface area contributed by atoms with Crippen molar-refractivity contribution in [2.75, 3.05) is 5.43 Å².